The monoisotopic (exact) mass is 486 g/mol. The van der Waals surface area contributed by atoms with E-state index in [0.717, 1.165) is 16.8 Å². The number of benzene rings is 3. The van der Waals surface area contributed by atoms with Crippen LogP contribution in [0.15, 0.2) is 89.5 Å². The topological polar surface area (TPSA) is 122 Å². The number of rotatable bonds is 11. The Labute approximate surface area is 208 Å². The Hall–Kier alpha value is -4.59. The van der Waals surface area contributed by atoms with E-state index in [4.69, 9.17) is 9.15 Å². The van der Waals surface area contributed by atoms with Crippen molar-refractivity contribution < 1.29 is 29.0 Å². The molecule has 3 aromatic carbocycles. The molecule has 8 nitrogen and oxygen atoms in total. The van der Waals surface area contributed by atoms with Gasteiger partial charge in [-0.1, -0.05) is 42.5 Å². The number of aromatic nitrogens is 1. The molecule has 1 aromatic heterocycles. The minimum absolute atomic E-state index is 0.0517. The van der Waals surface area contributed by atoms with Crippen molar-refractivity contribution in [1.82, 2.24) is 10.3 Å². The first-order valence-corrected chi connectivity index (χ1v) is 11.5. The van der Waals surface area contributed by atoms with Gasteiger partial charge in [0.05, 0.1) is 5.69 Å². The number of carboxylic acid groups (broad SMARTS) is 1. The van der Waals surface area contributed by atoms with Crippen molar-refractivity contribution in [3.63, 3.8) is 0 Å². The Bertz CT molecular complexity index is 1300. The molecule has 0 saturated carbocycles. The summed E-state index contributed by atoms with van der Waals surface area (Å²) >= 11 is 0. The van der Waals surface area contributed by atoms with Crippen LogP contribution in [0.2, 0.25) is 0 Å². The number of aromatic hydroxyl groups is 1. The van der Waals surface area contributed by atoms with Crippen LogP contribution in [0.5, 0.6) is 11.5 Å². The largest absolute Gasteiger partial charge is 0.508 e. The highest BCUT2D eigenvalue weighted by Gasteiger charge is 2.22. The number of carboxylic acids is 1. The number of nitrogens with zero attached hydrogens (tertiary/aromatic N) is 1. The van der Waals surface area contributed by atoms with Crippen LogP contribution < -0.4 is 10.1 Å². The molecule has 0 bridgehead atoms. The van der Waals surface area contributed by atoms with E-state index in [9.17, 15) is 19.8 Å². The maximum Gasteiger partial charge on any atom is 0.326 e. The summed E-state index contributed by atoms with van der Waals surface area (Å²) in [7, 11) is 0. The summed E-state index contributed by atoms with van der Waals surface area (Å²) in [6, 6.07) is 22.0. The summed E-state index contributed by atoms with van der Waals surface area (Å²) in [4.78, 5) is 28.7. The van der Waals surface area contributed by atoms with Gasteiger partial charge in [0.15, 0.2) is 6.61 Å². The van der Waals surface area contributed by atoms with Crippen molar-refractivity contribution in [2.75, 3.05) is 6.61 Å². The molecule has 1 heterocycles. The summed E-state index contributed by atoms with van der Waals surface area (Å²) in [5.74, 6) is -0.587. The van der Waals surface area contributed by atoms with Gasteiger partial charge in [0.25, 0.3) is 5.91 Å². The van der Waals surface area contributed by atoms with Crippen molar-refractivity contribution in [3.05, 3.63) is 102 Å². The highest BCUT2D eigenvalue weighted by molar-refractivity contribution is 5.84. The van der Waals surface area contributed by atoms with E-state index in [-0.39, 0.29) is 18.8 Å². The number of aryl methyl sites for hydroxylation is 2. The lowest BCUT2D eigenvalue weighted by Crippen LogP contribution is -2.44. The van der Waals surface area contributed by atoms with Crippen molar-refractivity contribution in [1.29, 1.82) is 0 Å². The summed E-state index contributed by atoms with van der Waals surface area (Å²) in [5, 5.41) is 22.2. The maximum absolute atomic E-state index is 12.3. The Morgan fingerprint density at radius 3 is 2.39 bits per heavy atom. The average Bonchev–Trinajstić information content (AvgIpc) is 3.37. The van der Waals surface area contributed by atoms with Crippen LogP contribution in [-0.4, -0.2) is 39.7 Å². The predicted molar refractivity (Wildman–Crippen MR) is 133 cm³/mol. The predicted octanol–water partition coefficient (Wildman–Crippen LogP) is 4.02. The van der Waals surface area contributed by atoms with Gasteiger partial charge in [0.2, 0.25) is 5.89 Å². The second-order valence-electron chi connectivity index (χ2n) is 8.23. The van der Waals surface area contributed by atoms with Gasteiger partial charge in [-0.25, -0.2) is 9.78 Å². The van der Waals surface area contributed by atoms with Gasteiger partial charge < -0.3 is 24.7 Å². The molecule has 1 amide bonds. The van der Waals surface area contributed by atoms with E-state index in [1.54, 1.807) is 42.7 Å². The Morgan fingerprint density at radius 1 is 0.944 bits per heavy atom. The number of amides is 1. The highest BCUT2D eigenvalue weighted by Crippen LogP contribution is 2.22. The third-order valence-electron chi connectivity index (χ3n) is 5.58. The standard InChI is InChI=1S/C28H26N2O6/c31-23-14-12-21(16-25(28(33)34)30-26(32)18-35-24-9-5-2-6-10-24)20(15-23)11-13-22-17-36-27(29-22)19-7-3-1-4-8-19/h1-10,12,14-15,17,25,31H,11,13,16,18H2,(H,30,32)(H,33,34)/t25-/m0/s1. The van der Waals surface area contributed by atoms with Crippen LogP contribution in [0, 0.1) is 0 Å². The zero-order valence-corrected chi connectivity index (χ0v) is 19.5. The quantitative estimate of drug-likeness (QED) is 0.293. The molecule has 1 atom stereocenters. The molecule has 184 valence electrons. The van der Waals surface area contributed by atoms with Crippen LogP contribution in [0.4, 0.5) is 0 Å². The molecule has 0 aliphatic rings. The number of hydrogen-bond donors (Lipinski definition) is 3. The first-order chi connectivity index (χ1) is 17.5. The van der Waals surface area contributed by atoms with Gasteiger partial charge in [-0.15, -0.1) is 0 Å². The van der Waals surface area contributed by atoms with E-state index in [1.165, 1.54) is 6.07 Å². The van der Waals surface area contributed by atoms with E-state index in [2.05, 4.69) is 10.3 Å². The molecule has 0 spiro atoms. The van der Waals surface area contributed by atoms with E-state index < -0.39 is 17.9 Å². The summed E-state index contributed by atoms with van der Waals surface area (Å²) in [6.45, 7) is -0.299. The number of ether oxygens (including phenoxy) is 1. The number of carbonyl (C=O) groups is 2. The third kappa shape index (κ3) is 6.73. The minimum Gasteiger partial charge on any atom is -0.508 e. The number of phenols is 1. The van der Waals surface area contributed by atoms with E-state index in [0.29, 0.717) is 30.0 Å². The van der Waals surface area contributed by atoms with Gasteiger partial charge >= 0.3 is 5.97 Å². The van der Waals surface area contributed by atoms with E-state index >= 15 is 0 Å². The molecule has 3 N–H and O–H groups in total. The average molecular weight is 487 g/mol. The zero-order chi connectivity index (χ0) is 25.3. The number of para-hydroxylation sites is 1. The van der Waals surface area contributed by atoms with Crippen LogP contribution in [0.25, 0.3) is 11.5 Å². The van der Waals surface area contributed by atoms with Crippen LogP contribution >= 0.6 is 0 Å². The fourth-order valence-corrected chi connectivity index (χ4v) is 3.76. The van der Waals surface area contributed by atoms with Gasteiger partial charge in [-0.05, 0) is 60.4 Å². The first-order valence-electron chi connectivity index (χ1n) is 11.5. The molecule has 36 heavy (non-hydrogen) atoms. The highest BCUT2D eigenvalue weighted by atomic mass is 16.5. The first kappa shape index (κ1) is 24.5. The zero-order valence-electron chi connectivity index (χ0n) is 19.5. The molecular weight excluding hydrogens is 460 g/mol. The molecule has 0 fully saturated rings. The Morgan fingerprint density at radius 2 is 1.67 bits per heavy atom. The number of carbonyl (C=O) groups excluding carboxylic acids is 1. The van der Waals surface area contributed by atoms with Crippen molar-refractivity contribution >= 4 is 11.9 Å². The molecule has 0 aliphatic heterocycles. The fourth-order valence-electron chi connectivity index (χ4n) is 3.76. The molecule has 0 saturated heterocycles. The number of aliphatic carboxylic acids is 1. The van der Waals surface area contributed by atoms with E-state index in [1.807, 2.05) is 36.4 Å². The third-order valence-corrected chi connectivity index (χ3v) is 5.58. The molecular formula is C28H26N2O6. The summed E-state index contributed by atoms with van der Waals surface area (Å²) in [6.07, 6.45) is 2.68. The summed E-state index contributed by atoms with van der Waals surface area (Å²) in [5.41, 5.74) is 3.08. The van der Waals surface area contributed by atoms with Gasteiger partial charge in [0, 0.05) is 12.0 Å². The van der Waals surface area contributed by atoms with Crippen molar-refractivity contribution in [2.24, 2.45) is 0 Å². The van der Waals surface area contributed by atoms with Gasteiger partial charge in [-0.3, -0.25) is 4.79 Å². The summed E-state index contributed by atoms with van der Waals surface area (Å²) < 4.78 is 11.0. The molecule has 0 radical (unpaired) electrons. The Kier molecular flexibility index (Phi) is 7.97. The van der Waals surface area contributed by atoms with Gasteiger partial charge in [-0.2, -0.15) is 0 Å². The number of nitrogens with one attached hydrogen (secondary N) is 1. The molecule has 8 heteroatoms. The lowest BCUT2D eigenvalue weighted by atomic mass is 9.96. The second kappa shape index (κ2) is 11.7. The maximum atomic E-state index is 12.3. The normalized spacial score (nSPS) is 11.6. The molecule has 0 unspecified atom stereocenters. The van der Waals surface area contributed by atoms with Crippen LogP contribution in [0.3, 0.4) is 0 Å². The number of oxazole rings is 1. The lowest BCUT2D eigenvalue weighted by Gasteiger charge is -2.17. The number of phenolic OH excluding ortho intramolecular Hbond substituents is 1. The molecule has 4 rings (SSSR count). The SMILES string of the molecule is O=C(COc1ccccc1)N[C@@H](Cc1ccc(O)cc1CCc1coc(-c2ccccc2)n1)C(=O)O. The number of hydrogen-bond acceptors (Lipinski definition) is 6. The smallest absolute Gasteiger partial charge is 0.326 e. The fraction of sp³-hybridized carbons (Fsp3) is 0.179. The molecule has 4 aromatic rings. The van der Waals surface area contributed by atoms with Crippen LogP contribution in [-0.2, 0) is 28.9 Å². The Balaban J connectivity index is 1.40. The second-order valence-corrected chi connectivity index (χ2v) is 8.23. The van der Waals surface area contributed by atoms with Crippen molar-refractivity contribution in [3.8, 4) is 23.0 Å². The van der Waals surface area contributed by atoms with Crippen molar-refractivity contribution in [2.45, 2.75) is 25.3 Å². The van der Waals surface area contributed by atoms with Crippen LogP contribution in [0.1, 0.15) is 16.8 Å². The van der Waals surface area contributed by atoms with Gasteiger partial charge in [0.1, 0.15) is 23.8 Å². The minimum atomic E-state index is -1.16. The lowest BCUT2D eigenvalue weighted by molar-refractivity contribution is -0.142. The molecule has 0 aliphatic carbocycles.